The Morgan fingerprint density at radius 2 is 2.06 bits per heavy atom. The van der Waals surface area contributed by atoms with E-state index in [0.717, 1.165) is 12.1 Å². The van der Waals surface area contributed by atoms with Crippen molar-refractivity contribution in [3.8, 4) is 5.75 Å². The monoisotopic (exact) mass is 310 g/mol. The Kier molecular flexibility index (Phi) is 4.28. The standard InChI is InChI=1S/C10H6BrF3O3/c11-4-8(16)7-2-1-6(5-15)3-9(7)17-10(12,13)14/h1-3,5H,4H2. The van der Waals surface area contributed by atoms with Crippen LogP contribution in [0.4, 0.5) is 13.2 Å². The Morgan fingerprint density at radius 3 is 2.53 bits per heavy atom. The van der Waals surface area contributed by atoms with E-state index < -0.39 is 17.9 Å². The predicted octanol–water partition coefficient (Wildman–Crippen LogP) is 2.98. The van der Waals surface area contributed by atoms with Crippen LogP contribution >= 0.6 is 15.9 Å². The molecule has 0 atom stereocenters. The van der Waals surface area contributed by atoms with Crippen molar-refractivity contribution < 1.29 is 27.5 Å². The lowest BCUT2D eigenvalue weighted by atomic mass is 10.1. The lowest BCUT2D eigenvalue weighted by Gasteiger charge is -2.12. The van der Waals surface area contributed by atoms with Gasteiger partial charge < -0.3 is 4.74 Å². The normalized spacial score (nSPS) is 11.1. The SMILES string of the molecule is O=Cc1ccc(C(=O)CBr)c(OC(F)(F)F)c1. The van der Waals surface area contributed by atoms with E-state index in [-0.39, 0.29) is 16.5 Å². The van der Waals surface area contributed by atoms with Crippen molar-refractivity contribution in [3.05, 3.63) is 29.3 Å². The van der Waals surface area contributed by atoms with Crippen molar-refractivity contribution in [1.29, 1.82) is 0 Å². The topological polar surface area (TPSA) is 43.4 Å². The molecule has 1 rings (SSSR count). The Balaban J connectivity index is 3.20. The molecule has 0 aliphatic rings. The molecule has 0 unspecified atom stereocenters. The first-order valence-electron chi connectivity index (χ1n) is 4.31. The summed E-state index contributed by atoms with van der Waals surface area (Å²) in [5, 5.41) is -0.137. The highest BCUT2D eigenvalue weighted by molar-refractivity contribution is 9.09. The van der Waals surface area contributed by atoms with Crippen molar-refractivity contribution in [2.75, 3.05) is 5.33 Å². The van der Waals surface area contributed by atoms with Crippen LogP contribution in [0.2, 0.25) is 0 Å². The summed E-state index contributed by atoms with van der Waals surface area (Å²) >= 11 is 2.84. The number of hydrogen-bond acceptors (Lipinski definition) is 3. The molecule has 1 aromatic rings. The van der Waals surface area contributed by atoms with Crippen LogP contribution in [0, 0.1) is 0 Å². The van der Waals surface area contributed by atoms with Crippen molar-refractivity contribution in [2.24, 2.45) is 0 Å². The summed E-state index contributed by atoms with van der Waals surface area (Å²) in [4.78, 5) is 21.8. The lowest BCUT2D eigenvalue weighted by Crippen LogP contribution is -2.19. The second-order valence-corrected chi connectivity index (χ2v) is 3.54. The van der Waals surface area contributed by atoms with Gasteiger partial charge in [-0.3, -0.25) is 9.59 Å². The minimum Gasteiger partial charge on any atom is -0.405 e. The number of aldehydes is 1. The number of carbonyl (C=O) groups is 2. The van der Waals surface area contributed by atoms with Gasteiger partial charge >= 0.3 is 6.36 Å². The van der Waals surface area contributed by atoms with Gasteiger partial charge in [0.2, 0.25) is 0 Å². The summed E-state index contributed by atoms with van der Waals surface area (Å²) in [6, 6.07) is 3.23. The van der Waals surface area contributed by atoms with Gasteiger partial charge in [-0.25, -0.2) is 0 Å². The van der Waals surface area contributed by atoms with Crippen LogP contribution in [0.25, 0.3) is 0 Å². The molecule has 1 aromatic carbocycles. The smallest absolute Gasteiger partial charge is 0.405 e. The molecule has 0 saturated carbocycles. The third-order valence-corrected chi connectivity index (χ3v) is 2.30. The summed E-state index contributed by atoms with van der Waals surface area (Å²) in [6.45, 7) is 0. The van der Waals surface area contributed by atoms with E-state index in [1.807, 2.05) is 0 Å². The van der Waals surface area contributed by atoms with Gasteiger partial charge in [0.15, 0.2) is 5.78 Å². The van der Waals surface area contributed by atoms with E-state index in [9.17, 15) is 22.8 Å². The van der Waals surface area contributed by atoms with E-state index in [4.69, 9.17) is 0 Å². The van der Waals surface area contributed by atoms with Crippen LogP contribution in [-0.4, -0.2) is 23.8 Å². The molecule has 0 aliphatic heterocycles. The zero-order valence-electron chi connectivity index (χ0n) is 8.25. The predicted molar refractivity (Wildman–Crippen MR) is 56.6 cm³/mol. The van der Waals surface area contributed by atoms with Crippen molar-refractivity contribution >= 4 is 28.0 Å². The van der Waals surface area contributed by atoms with Crippen LogP contribution in [-0.2, 0) is 0 Å². The van der Waals surface area contributed by atoms with E-state index >= 15 is 0 Å². The van der Waals surface area contributed by atoms with Crippen molar-refractivity contribution in [2.45, 2.75) is 6.36 Å². The largest absolute Gasteiger partial charge is 0.573 e. The van der Waals surface area contributed by atoms with Crippen LogP contribution in [0.1, 0.15) is 20.7 Å². The second kappa shape index (κ2) is 5.31. The molecule has 0 heterocycles. The number of rotatable bonds is 4. The summed E-state index contributed by atoms with van der Waals surface area (Å²) in [5.41, 5.74) is -0.236. The lowest BCUT2D eigenvalue weighted by molar-refractivity contribution is -0.274. The van der Waals surface area contributed by atoms with Crippen molar-refractivity contribution in [3.63, 3.8) is 0 Å². The molecule has 3 nitrogen and oxygen atoms in total. The Labute approximate surface area is 103 Å². The molecule has 0 N–H and O–H groups in total. The van der Waals surface area contributed by atoms with E-state index in [1.54, 1.807) is 0 Å². The molecule has 0 aromatic heterocycles. The fraction of sp³-hybridized carbons (Fsp3) is 0.200. The average Bonchev–Trinajstić information content (AvgIpc) is 2.25. The fourth-order valence-electron chi connectivity index (χ4n) is 1.12. The first-order chi connectivity index (χ1) is 7.87. The number of ketones is 1. The molecule has 0 fully saturated rings. The summed E-state index contributed by atoms with van der Waals surface area (Å²) in [5.74, 6) is -1.24. The highest BCUT2D eigenvalue weighted by Crippen LogP contribution is 2.27. The molecule has 0 saturated heterocycles. The van der Waals surface area contributed by atoms with Crippen LogP contribution in [0.5, 0.6) is 5.75 Å². The minimum absolute atomic E-state index is 0.00428. The molecule has 92 valence electrons. The Morgan fingerprint density at radius 1 is 1.41 bits per heavy atom. The number of benzene rings is 1. The van der Waals surface area contributed by atoms with Crippen molar-refractivity contribution in [1.82, 2.24) is 0 Å². The third kappa shape index (κ3) is 3.85. The highest BCUT2D eigenvalue weighted by Gasteiger charge is 2.32. The Bertz CT molecular complexity index is 443. The number of halogens is 4. The number of Topliss-reactive ketones (excluding diaryl/α,β-unsaturated/α-hetero) is 1. The Hall–Kier alpha value is -1.37. The van der Waals surface area contributed by atoms with Gasteiger partial charge in [0.25, 0.3) is 0 Å². The van der Waals surface area contributed by atoms with E-state index in [1.165, 1.54) is 6.07 Å². The molecule has 0 aliphatic carbocycles. The maximum Gasteiger partial charge on any atom is 0.573 e. The van der Waals surface area contributed by atoms with Gasteiger partial charge in [0.1, 0.15) is 12.0 Å². The third-order valence-electron chi connectivity index (χ3n) is 1.79. The molecular weight excluding hydrogens is 305 g/mol. The van der Waals surface area contributed by atoms with Crippen LogP contribution in [0.3, 0.4) is 0 Å². The van der Waals surface area contributed by atoms with Crippen LogP contribution < -0.4 is 4.74 Å². The second-order valence-electron chi connectivity index (χ2n) is 2.98. The molecule has 0 bridgehead atoms. The number of alkyl halides is 4. The molecule has 0 spiro atoms. The van der Waals surface area contributed by atoms with Gasteiger partial charge in [-0.2, -0.15) is 0 Å². The first kappa shape index (κ1) is 13.7. The maximum absolute atomic E-state index is 12.1. The highest BCUT2D eigenvalue weighted by atomic mass is 79.9. The fourth-order valence-corrected chi connectivity index (χ4v) is 1.43. The summed E-state index contributed by atoms with van der Waals surface area (Å²) < 4.78 is 40.0. The number of carbonyl (C=O) groups excluding carboxylic acids is 2. The molecule has 17 heavy (non-hydrogen) atoms. The first-order valence-corrected chi connectivity index (χ1v) is 5.43. The van der Waals surface area contributed by atoms with Gasteiger partial charge in [0, 0.05) is 5.56 Å². The van der Waals surface area contributed by atoms with Gasteiger partial charge in [-0.15, -0.1) is 13.2 Å². The molecular formula is C10H6BrF3O3. The van der Waals surface area contributed by atoms with Gasteiger partial charge in [-0.05, 0) is 12.1 Å². The minimum atomic E-state index is -4.91. The van der Waals surface area contributed by atoms with Crippen LogP contribution in [0.15, 0.2) is 18.2 Å². The summed E-state index contributed by atoms with van der Waals surface area (Å²) in [6.07, 6.45) is -4.55. The quantitative estimate of drug-likeness (QED) is 0.488. The zero-order chi connectivity index (χ0) is 13.1. The average molecular weight is 311 g/mol. The summed E-state index contributed by atoms with van der Waals surface area (Å²) in [7, 11) is 0. The van der Waals surface area contributed by atoms with E-state index in [0.29, 0.717) is 6.29 Å². The zero-order valence-corrected chi connectivity index (χ0v) is 9.84. The number of ether oxygens (including phenoxy) is 1. The molecule has 0 radical (unpaired) electrons. The van der Waals surface area contributed by atoms with Gasteiger partial charge in [-0.1, -0.05) is 22.0 Å². The molecule has 0 amide bonds. The van der Waals surface area contributed by atoms with Gasteiger partial charge in [0.05, 0.1) is 10.9 Å². The van der Waals surface area contributed by atoms with E-state index in [2.05, 4.69) is 20.7 Å². The maximum atomic E-state index is 12.1. The molecule has 7 heteroatoms. The number of hydrogen-bond donors (Lipinski definition) is 0.